The fourth-order valence-electron chi connectivity index (χ4n) is 3.11. The van der Waals surface area contributed by atoms with Crippen LogP contribution in [0, 0.1) is 0 Å². The first-order valence-corrected chi connectivity index (χ1v) is 11.2. The van der Waals surface area contributed by atoms with Crippen molar-refractivity contribution in [2.24, 2.45) is 0 Å². The fraction of sp³-hybridized carbons (Fsp3) is 0.333. The first kappa shape index (κ1) is 22.7. The van der Waals surface area contributed by atoms with Gasteiger partial charge in [-0.15, -0.1) is 0 Å². The molecule has 0 atom stereocenters. The number of hydrogen-bond donors (Lipinski definition) is 1. The summed E-state index contributed by atoms with van der Waals surface area (Å²) in [5.74, 6) is -0.558. The van der Waals surface area contributed by atoms with Crippen LogP contribution >= 0.6 is 0 Å². The van der Waals surface area contributed by atoms with Gasteiger partial charge in [-0.25, -0.2) is 0 Å². The van der Waals surface area contributed by atoms with Gasteiger partial charge in [-0.1, -0.05) is 12.1 Å². The van der Waals surface area contributed by atoms with E-state index in [0.29, 0.717) is 48.8 Å². The van der Waals surface area contributed by atoms with Crippen LogP contribution in [-0.2, 0) is 14.9 Å². The van der Waals surface area contributed by atoms with Crippen LogP contribution in [0.1, 0.15) is 20.7 Å². The summed E-state index contributed by atoms with van der Waals surface area (Å²) in [5, 5.41) is 2.79. The summed E-state index contributed by atoms with van der Waals surface area (Å²) in [6.07, 6.45) is 0. The Balaban J connectivity index is 1.76. The predicted molar refractivity (Wildman–Crippen MR) is 119 cm³/mol. The lowest BCUT2D eigenvalue weighted by molar-refractivity contribution is 0.0303. The standard InChI is InChI=1S/C21H26N4O5S/c1-23(2)31(28,29)24(3)17-10-8-16(9-11-17)20(26)22-19-7-5-4-6-18(19)21(27)25-12-14-30-15-13-25/h4-11H,12-15H2,1-3H3,(H,22,26). The lowest BCUT2D eigenvalue weighted by atomic mass is 10.1. The average molecular weight is 447 g/mol. The normalized spacial score (nSPS) is 14.4. The lowest BCUT2D eigenvalue weighted by Crippen LogP contribution is -2.41. The number of ether oxygens (including phenoxy) is 1. The molecule has 0 saturated carbocycles. The molecule has 2 aromatic rings. The first-order chi connectivity index (χ1) is 14.7. The maximum atomic E-state index is 12.9. The van der Waals surface area contributed by atoms with Crippen molar-refractivity contribution in [3.63, 3.8) is 0 Å². The molecule has 0 spiro atoms. The minimum absolute atomic E-state index is 0.162. The van der Waals surface area contributed by atoms with Gasteiger partial charge in [0.1, 0.15) is 0 Å². The topological polar surface area (TPSA) is 99.3 Å². The number of para-hydroxylation sites is 1. The second-order valence-electron chi connectivity index (χ2n) is 7.21. The maximum Gasteiger partial charge on any atom is 0.303 e. The molecule has 0 bridgehead atoms. The first-order valence-electron chi connectivity index (χ1n) is 9.75. The Hall–Kier alpha value is -2.95. The maximum absolute atomic E-state index is 12.9. The van der Waals surface area contributed by atoms with Crippen molar-refractivity contribution >= 4 is 33.4 Å². The molecule has 1 aliphatic heterocycles. The van der Waals surface area contributed by atoms with E-state index in [2.05, 4.69) is 5.32 Å². The van der Waals surface area contributed by atoms with E-state index >= 15 is 0 Å². The van der Waals surface area contributed by atoms with E-state index in [9.17, 15) is 18.0 Å². The zero-order valence-electron chi connectivity index (χ0n) is 17.7. The molecule has 1 aliphatic rings. The number of nitrogens with zero attached hydrogens (tertiary/aromatic N) is 3. The molecule has 2 aromatic carbocycles. The molecule has 31 heavy (non-hydrogen) atoms. The molecule has 2 amide bonds. The smallest absolute Gasteiger partial charge is 0.303 e. The van der Waals surface area contributed by atoms with Crippen molar-refractivity contribution in [1.82, 2.24) is 9.21 Å². The summed E-state index contributed by atoms with van der Waals surface area (Å²) in [4.78, 5) is 27.3. The Bertz CT molecular complexity index is 1050. The molecule has 1 N–H and O–H groups in total. The van der Waals surface area contributed by atoms with E-state index in [-0.39, 0.29) is 5.91 Å². The number of rotatable bonds is 6. The van der Waals surface area contributed by atoms with Crippen LogP contribution in [0.4, 0.5) is 11.4 Å². The highest BCUT2D eigenvalue weighted by molar-refractivity contribution is 7.90. The van der Waals surface area contributed by atoms with Gasteiger partial charge in [0.15, 0.2) is 0 Å². The van der Waals surface area contributed by atoms with E-state index in [1.807, 2.05) is 0 Å². The van der Waals surface area contributed by atoms with Gasteiger partial charge in [-0.2, -0.15) is 12.7 Å². The van der Waals surface area contributed by atoms with Crippen LogP contribution in [0.15, 0.2) is 48.5 Å². The van der Waals surface area contributed by atoms with Crippen molar-refractivity contribution in [3.05, 3.63) is 59.7 Å². The summed E-state index contributed by atoms with van der Waals surface area (Å²) in [7, 11) is 0.715. The van der Waals surface area contributed by atoms with Gasteiger partial charge in [0.05, 0.1) is 30.2 Å². The summed E-state index contributed by atoms with van der Waals surface area (Å²) in [6.45, 7) is 1.99. The number of anilines is 2. The van der Waals surface area contributed by atoms with Gasteiger partial charge in [-0.05, 0) is 36.4 Å². The van der Waals surface area contributed by atoms with E-state index in [1.165, 1.54) is 21.1 Å². The molecule has 0 radical (unpaired) electrons. The number of morpholine rings is 1. The van der Waals surface area contributed by atoms with Crippen molar-refractivity contribution in [1.29, 1.82) is 0 Å². The molecular formula is C21H26N4O5S. The van der Waals surface area contributed by atoms with E-state index in [0.717, 1.165) is 8.61 Å². The van der Waals surface area contributed by atoms with Gasteiger partial charge in [0.2, 0.25) is 0 Å². The van der Waals surface area contributed by atoms with Crippen molar-refractivity contribution in [3.8, 4) is 0 Å². The minimum atomic E-state index is -3.62. The Morgan fingerprint density at radius 1 is 0.968 bits per heavy atom. The fourth-order valence-corrected chi connectivity index (χ4v) is 3.99. The molecule has 0 aliphatic carbocycles. The molecule has 10 heteroatoms. The van der Waals surface area contributed by atoms with Gasteiger partial charge < -0.3 is 15.0 Å². The molecular weight excluding hydrogens is 420 g/mol. The molecule has 1 fully saturated rings. The van der Waals surface area contributed by atoms with Crippen LogP contribution in [0.25, 0.3) is 0 Å². The van der Waals surface area contributed by atoms with E-state index < -0.39 is 16.1 Å². The van der Waals surface area contributed by atoms with Crippen LogP contribution in [0.3, 0.4) is 0 Å². The predicted octanol–water partition coefficient (Wildman–Crippen LogP) is 1.65. The lowest BCUT2D eigenvalue weighted by Gasteiger charge is -2.27. The highest BCUT2D eigenvalue weighted by atomic mass is 32.2. The molecule has 3 rings (SSSR count). The number of carbonyl (C=O) groups excluding carboxylic acids is 2. The second-order valence-corrected chi connectivity index (χ2v) is 9.38. The number of nitrogens with one attached hydrogen (secondary N) is 1. The van der Waals surface area contributed by atoms with Crippen LogP contribution in [-0.4, -0.2) is 76.9 Å². The highest BCUT2D eigenvalue weighted by Crippen LogP contribution is 2.21. The average Bonchev–Trinajstić information content (AvgIpc) is 2.79. The summed E-state index contributed by atoms with van der Waals surface area (Å²) in [5.41, 5.74) is 1.59. The van der Waals surface area contributed by atoms with E-state index in [4.69, 9.17) is 4.74 Å². The molecule has 9 nitrogen and oxygen atoms in total. The summed E-state index contributed by atoms with van der Waals surface area (Å²) in [6, 6.07) is 13.0. The van der Waals surface area contributed by atoms with Gasteiger partial charge >= 0.3 is 10.2 Å². The Labute approximate surface area is 182 Å². The van der Waals surface area contributed by atoms with Gasteiger partial charge in [-0.3, -0.25) is 13.9 Å². The number of carbonyl (C=O) groups is 2. The third-order valence-electron chi connectivity index (χ3n) is 5.00. The Morgan fingerprint density at radius 2 is 1.58 bits per heavy atom. The zero-order valence-corrected chi connectivity index (χ0v) is 18.6. The molecule has 0 unspecified atom stereocenters. The van der Waals surface area contributed by atoms with Crippen LogP contribution in [0.2, 0.25) is 0 Å². The van der Waals surface area contributed by atoms with Crippen LogP contribution < -0.4 is 9.62 Å². The molecule has 1 saturated heterocycles. The minimum Gasteiger partial charge on any atom is -0.378 e. The molecule has 166 valence electrons. The van der Waals surface area contributed by atoms with Crippen LogP contribution in [0.5, 0.6) is 0 Å². The SMILES string of the molecule is CN(C)S(=O)(=O)N(C)c1ccc(C(=O)Nc2ccccc2C(=O)N2CCOCC2)cc1. The number of benzene rings is 2. The second kappa shape index (κ2) is 9.46. The Kier molecular flexibility index (Phi) is 6.94. The van der Waals surface area contributed by atoms with Gasteiger partial charge in [0.25, 0.3) is 11.8 Å². The largest absolute Gasteiger partial charge is 0.378 e. The molecule has 1 heterocycles. The summed E-state index contributed by atoms with van der Waals surface area (Å²) >= 11 is 0. The highest BCUT2D eigenvalue weighted by Gasteiger charge is 2.23. The third-order valence-corrected chi connectivity index (χ3v) is 6.83. The van der Waals surface area contributed by atoms with Crippen molar-refractivity contribution in [2.75, 3.05) is 57.1 Å². The van der Waals surface area contributed by atoms with Crippen molar-refractivity contribution < 1.29 is 22.7 Å². The molecule has 0 aromatic heterocycles. The number of hydrogen-bond acceptors (Lipinski definition) is 5. The zero-order chi connectivity index (χ0) is 22.6. The monoisotopic (exact) mass is 446 g/mol. The van der Waals surface area contributed by atoms with Gasteiger partial charge in [0, 0.05) is 39.8 Å². The van der Waals surface area contributed by atoms with E-state index in [1.54, 1.807) is 53.4 Å². The van der Waals surface area contributed by atoms with Crippen molar-refractivity contribution in [2.45, 2.75) is 0 Å². The Morgan fingerprint density at radius 3 is 2.19 bits per heavy atom. The third kappa shape index (κ3) is 5.04. The quantitative estimate of drug-likeness (QED) is 0.728. The summed E-state index contributed by atoms with van der Waals surface area (Å²) < 4.78 is 32.0. The number of amides is 2.